The van der Waals surface area contributed by atoms with Crippen molar-refractivity contribution < 1.29 is 9.47 Å². The maximum absolute atomic E-state index is 5.26. The lowest BCUT2D eigenvalue weighted by Gasteiger charge is -2.09. The van der Waals surface area contributed by atoms with E-state index in [-0.39, 0.29) is 0 Å². The Bertz CT molecular complexity index is 478. The van der Waals surface area contributed by atoms with Gasteiger partial charge in [0.2, 0.25) is 0 Å². The van der Waals surface area contributed by atoms with Gasteiger partial charge >= 0.3 is 0 Å². The topological polar surface area (TPSA) is 18.5 Å². The van der Waals surface area contributed by atoms with Crippen molar-refractivity contribution in [2.75, 3.05) is 14.2 Å². The van der Waals surface area contributed by atoms with Crippen LogP contribution in [-0.2, 0) is 6.42 Å². The third-order valence-corrected chi connectivity index (χ3v) is 2.60. The minimum atomic E-state index is 0.643. The maximum atomic E-state index is 5.26. The van der Waals surface area contributed by atoms with Crippen LogP contribution in [-0.4, -0.2) is 14.2 Å². The molecule has 0 heterocycles. The standard InChI is InChI=1S/C15H15O2/c1-16-14-9-8-13(11-15(14)17-2)10-12-6-4-3-5-7-12/h3-8,11H,10H2,1-2H3. The molecule has 0 fully saturated rings. The van der Waals surface area contributed by atoms with Gasteiger partial charge in [0.25, 0.3) is 0 Å². The Morgan fingerprint density at radius 3 is 2.41 bits per heavy atom. The molecule has 2 rings (SSSR count). The average Bonchev–Trinajstić information content (AvgIpc) is 2.40. The van der Waals surface area contributed by atoms with E-state index in [1.165, 1.54) is 5.56 Å². The minimum Gasteiger partial charge on any atom is -0.493 e. The van der Waals surface area contributed by atoms with Crippen molar-refractivity contribution in [3.63, 3.8) is 0 Å². The van der Waals surface area contributed by atoms with Gasteiger partial charge in [0.15, 0.2) is 11.5 Å². The van der Waals surface area contributed by atoms with Crippen molar-refractivity contribution >= 4 is 0 Å². The molecule has 0 unspecified atom stereocenters. The van der Waals surface area contributed by atoms with E-state index in [4.69, 9.17) is 9.47 Å². The van der Waals surface area contributed by atoms with Gasteiger partial charge in [0, 0.05) is 6.07 Å². The van der Waals surface area contributed by atoms with Crippen molar-refractivity contribution in [1.82, 2.24) is 0 Å². The van der Waals surface area contributed by atoms with E-state index >= 15 is 0 Å². The highest BCUT2D eigenvalue weighted by Gasteiger charge is 2.05. The van der Waals surface area contributed by atoms with Crippen LogP contribution < -0.4 is 9.47 Å². The Hall–Kier alpha value is -1.96. The molecule has 0 aliphatic rings. The predicted molar refractivity (Wildman–Crippen MR) is 67.6 cm³/mol. The van der Waals surface area contributed by atoms with Crippen LogP contribution in [0.3, 0.4) is 0 Å². The van der Waals surface area contributed by atoms with E-state index in [1.807, 2.05) is 30.3 Å². The van der Waals surface area contributed by atoms with E-state index in [0.29, 0.717) is 5.75 Å². The molecule has 0 aliphatic carbocycles. The second-order valence-electron chi connectivity index (χ2n) is 3.77. The van der Waals surface area contributed by atoms with Crippen molar-refractivity contribution in [3.05, 3.63) is 59.7 Å². The molecule has 0 spiro atoms. The SMILES string of the molecule is COc1[c]cc(Cc2ccccc2)cc1OC. The number of rotatable bonds is 4. The summed E-state index contributed by atoms with van der Waals surface area (Å²) in [5.74, 6) is 1.37. The van der Waals surface area contributed by atoms with E-state index in [1.54, 1.807) is 14.2 Å². The summed E-state index contributed by atoms with van der Waals surface area (Å²) in [6, 6.07) is 17.3. The second kappa shape index (κ2) is 5.39. The average molecular weight is 227 g/mol. The molecular formula is C15H15O2. The number of hydrogen-bond acceptors (Lipinski definition) is 2. The van der Waals surface area contributed by atoms with E-state index in [9.17, 15) is 0 Å². The summed E-state index contributed by atoms with van der Waals surface area (Å²) < 4.78 is 10.4. The van der Waals surface area contributed by atoms with Gasteiger partial charge in [0.05, 0.1) is 14.2 Å². The molecule has 2 aromatic rings. The molecule has 87 valence electrons. The highest BCUT2D eigenvalue weighted by Crippen LogP contribution is 2.27. The lowest BCUT2D eigenvalue weighted by atomic mass is 10.0. The van der Waals surface area contributed by atoms with Gasteiger partial charge in [0.1, 0.15) is 0 Å². The third-order valence-electron chi connectivity index (χ3n) is 2.60. The van der Waals surface area contributed by atoms with Crippen molar-refractivity contribution in [3.8, 4) is 11.5 Å². The third kappa shape index (κ3) is 2.78. The normalized spacial score (nSPS) is 10.0. The van der Waals surface area contributed by atoms with Crippen LogP contribution in [0.15, 0.2) is 42.5 Å². The van der Waals surface area contributed by atoms with Gasteiger partial charge in [-0.3, -0.25) is 0 Å². The molecular weight excluding hydrogens is 212 g/mol. The van der Waals surface area contributed by atoms with Gasteiger partial charge in [-0.25, -0.2) is 0 Å². The molecule has 0 saturated carbocycles. The minimum absolute atomic E-state index is 0.643. The first-order valence-electron chi connectivity index (χ1n) is 5.50. The molecule has 0 amide bonds. The van der Waals surface area contributed by atoms with Crippen LogP contribution in [0.5, 0.6) is 11.5 Å². The zero-order valence-electron chi connectivity index (χ0n) is 10.1. The smallest absolute Gasteiger partial charge is 0.168 e. The lowest BCUT2D eigenvalue weighted by molar-refractivity contribution is 0.354. The zero-order chi connectivity index (χ0) is 12.1. The van der Waals surface area contributed by atoms with Crippen molar-refractivity contribution in [1.29, 1.82) is 0 Å². The molecule has 0 atom stereocenters. The summed E-state index contributed by atoms with van der Waals surface area (Å²) in [4.78, 5) is 0. The summed E-state index contributed by atoms with van der Waals surface area (Å²) in [5, 5.41) is 0. The van der Waals surface area contributed by atoms with Crippen LogP contribution >= 0.6 is 0 Å². The van der Waals surface area contributed by atoms with Crippen LogP contribution in [0.1, 0.15) is 11.1 Å². The first kappa shape index (κ1) is 11.5. The lowest BCUT2D eigenvalue weighted by Crippen LogP contribution is -1.93. The number of ether oxygens (including phenoxy) is 2. The number of methoxy groups -OCH3 is 2. The fourth-order valence-electron chi connectivity index (χ4n) is 1.75. The molecule has 1 radical (unpaired) electrons. The predicted octanol–water partition coefficient (Wildman–Crippen LogP) is 3.09. The largest absolute Gasteiger partial charge is 0.493 e. The fourth-order valence-corrected chi connectivity index (χ4v) is 1.75. The van der Waals surface area contributed by atoms with Crippen LogP contribution in [0, 0.1) is 6.07 Å². The molecule has 17 heavy (non-hydrogen) atoms. The Kier molecular flexibility index (Phi) is 3.66. The Morgan fingerprint density at radius 2 is 1.76 bits per heavy atom. The Morgan fingerprint density at radius 1 is 1.00 bits per heavy atom. The van der Waals surface area contributed by atoms with Gasteiger partial charge < -0.3 is 9.47 Å². The maximum Gasteiger partial charge on any atom is 0.168 e. The molecule has 0 N–H and O–H groups in total. The first-order chi connectivity index (χ1) is 8.33. The summed E-state index contributed by atoms with van der Waals surface area (Å²) >= 11 is 0. The molecule has 0 aliphatic heterocycles. The second-order valence-corrected chi connectivity index (χ2v) is 3.77. The summed E-state index contributed by atoms with van der Waals surface area (Å²) in [5.41, 5.74) is 2.43. The summed E-state index contributed by atoms with van der Waals surface area (Å²) in [6.45, 7) is 0. The molecule has 2 heteroatoms. The zero-order valence-corrected chi connectivity index (χ0v) is 10.1. The monoisotopic (exact) mass is 227 g/mol. The Balaban J connectivity index is 2.22. The van der Waals surface area contributed by atoms with Gasteiger partial charge in [-0.15, -0.1) is 0 Å². The number of benzene rings is 2. The van der Waals surface area contributed by atoms with Crippen molar-refractivity contribution in [2.24, 2.45) is 0 Å². The van der Waals surface area contributed by atoms with Crippen molar-refractivity contribution in [2.45, 2.75) is 6.42 Å². The van der Waals surface area contributed by atoms with E-state index < -0.39 is 0 Å². The number of hydrogen-bond donors (Lipinski definition) is 0. The summed E-state index contributed by atoms with van der Waals surface area (Å²) in [6.07, 6.45) is 0.873. The van der Waals surface area contributed by atoms with Gasteiger partial charge in [-0.05, 0) is 29.7 Å². The van der Waals surface area contributed by atoms with E-state index in [0.717, 1.165) is 17.7 Å². The molecule has 2 nitrogen and oxygen atoms in total. The first-order valence-corrected chi connectivity index (χ1v) is 5.50. The highest BCUT2D eigenvalue weighted by molar-refractivity contribution is 5.43. The van der Waals surface area contributed by atoms with Crippen LogP contribution in [0.2, 0.25) is 0 Å². The summed E-state index contributed by atoms with van der Waals surface area (Å²) in [7, 11) is 3.25. The van der Waals surface area contributed by atoms with Gasteiger partial charge in [-0.2, -0.15) is 0 Å². The Labute approximate surface area is 102 Å². The van der Waals surface area contributed by atoms with Crippen LogP contribution in [0.25, 0.3) is 0 Å². The molecule has 2 aromatic carbocycles. The quantitative estimate of drug-likeness (QED) is 0.799. The molecule has 0 bridgehead atoms. The molecule has 0 aromatic heterocycles. The molecule has 0 saturated heterocycles. The van der Waals surface area contributed by atoms with E-state index in [2.05, 4.69) is 18.2 Å². The fraction of sp³-hybridized carbons (Fsp3) is 0.200. The van der Waals surface area contributed by atoms with Crippen LogP contribution in [0.4, 0.5) is 0 Å². The highest BCUT2D eigenvalue weighted by atomic mass is 16.5. The van der Waals surface area contributed by atoms with Gasteiger partial charge in [-0.1, -0.05) is 30.3 Å².